The van der Waals surface area contributed by atoms with E-state index in [2.05, 4.69) is 19.2 Å². The molecule has 20 heavy (non-hydrogen) atoms. The van der Waals surface area contributed by atoms with E-state index in [1.807, 2.05) is 0 Å². The van der Waals surface area contributed by atoms with E-state index >= 15 is 0 Å². The van der Waals surface area contributed by atoms with Gasteiger partial charge in [0.05, 0.1) is 12.7 Å². The second kappa shape index (κ2) is 9.19. The lowest BCUT2D eigenvalue weighted by molar-refractivity contribution is 0.0561. The van der Waals surface area contributed by atoms with Crippen molar-refractivity contribution in [1.82, 2.24) is 10.2 Å². The highest BCUT2D eigenvalue weighted by Gasteiger charge is 2.25. The summed E-state index contributed by atoms with van der Waals surface area (Å²) in [5.74, 6) is 0.734. The van der Waals surface area contributed by atoms with Crippen LogP contribution in [0.2, 0.25) is 0 Å². The van der Waals surface area contributed by atoms with E-state index in [4.69, 9.17) is 4.74 Å². The van der Waals surface area contributed by atoms with E-state index in [1.54, 1.807) is 11.9 Å². The summed E-state index contributed by atoms with van der Waals surface area (Å²) in [5, 5.41) is 12.8. The quantitative estimate of drug-likeness (QED) is 0.702. The maximum atomic E-state index is 11.9. The van der Waals surface area contributed by atoms with Gasteiger partial charge in [-0.2, -0.15) is 0 Å². The normalized spacial score (nSPS) is 22.9. The first-order valence-corrected chi connectivity index (χ1v) is 7.75. The zero-order chi connectivity index (χ0) is 15.0. The number of aliphatic hydroxyl groups excluding tert-OH is 1. The zero-order valence-electron chi connectivity index (χ0n) is 13.1. The van der Waals surface area contributed by atoms with E-state index < -0.39 is 0 Å². The number of ether oxygens (including phenoxy) is 1. The molecule has 0 radical (unpaired) electrons. The number of hydrogen-bond acceptors (Lipinski definition) is 3. The number of hydrogen-bond donors (Lipinski definition) is 2. The number of rotatable bonds is 7. The van der Waals surface area contributed by atoms with Crippen LogP contribution in [-0.4, -0.2) is 55.5 Å². The lowest BCUT2D eigenvalue weighted by Gasteiger charge is -2.31. The van der Waals surface area contributed by atoms with Gasteiger partial charge in [0.1, 0.15) is 0 Å². The van der Waals surface area contributed by atoms with Gasteiger partial charge in [-0.1, -0.05) is 26.7 Å². The SMILES string of the molecule is CC(C)COCCNC(=O)N(C)CC1CCCCC1O. The van der Waals surface area contributed by atoms with E-state index in [-0.39, 0.29) is 18.1 Å². The lowest BCUT2D eigenvalue weighted by Crippen LogP contribution is -2.43. The monoisotopic (exact) mass is 286 g/mol. The van der Waals surface area contributed by atoms with E-state index in [0.717, 1.165) is 32.3 Å². The molecule has 0 saturated heterocycles. The van der Waals surface area contributed by atoms with Crippen molar-refractivity contribution in [3.05, 3.63) is 0 Å². The standard InChI is InChI=1S/C15H30N2O3/c1-12(2)11-20-9-8-16-15(19)17(3)10-13-6-4-5-7-14(13)18/h12-14,18H,4-11H2,1-3H3,(H,16,19). The van der Waals surface area contributed by atoms with Crippen molar-refractivity contribution >= 4 is 6.03 Å². The number of carbonyl (C=O) groups excluding carboxylic acids is 1. The minimum Gasteiger partial charge on any atom is -0.393 e. The molecule has 2 N–H and O–H groups in total. The molecule has 2 atom stereocenters. The average Bonchev–Trinajstić information content (AvgIpc) is 2.40. The van der Waals surface area contributed by atoms with Crippen LogP contribution < -0.4 is 5.32 Å². The van der Waals surface area contributed by atoms with Crippen molar-refractivity contribution < 1.29 is 14.6 Å². The van der Waals surface area contributed by atoms with Gasteiger partial charge >= 0.3 is 6.03 Å². The maximum Gasteiger partial charge on any atom is 0.317 e. The summed E-state index contributed by atoms with van der Waals surface area (Å²) in [6.45, 7) is 6.62. The molecule has 0 bridgehead atoms. The summed E-state index contributed by atoms with van der Waals surface area (Å²) < 4.78 is 5.42. The Bertz CT molecular complexity index is 284. The molecule has 1 aliphatic carbocycles. The third kappa shape index (κ3) is 6.57. The topological polar surface area (TPSA) is 61.8 Å². The number of nitrogens with one attached hydrogen (secondary N) is 1. The first kappa shape index (κ1) is 17.2. The molecule has 0 aromatic carbocycles. The molecule has 5 nitrogen and oxygen atoms in total. The summed E-state index contributed by atoms with van der Waals surface area (Å²) in [6, 6.07) is -0.0871. The van der Waals surface area contributed by atoms with Crippen molar-refractivity contribution in [1.29, 1.82) is 0 Å². The summed E-state index contributed by atoms with van der Waals surface area (Å²) in [6.07, 6.45) is 3.87. The van der Waals surface area contributed by atoms with Crippen LogP contribution >= 0.6 is 0 Å². The highest BCUT2D eigenvalue weighted by Crippen LogP contribution is 2.24. The number of amides is 2. The molecule has 0 aromatic heterocycles. The first-order valence-electron chi connectivity index (χ1n) is 7.75. The second-order valence-electron chi connectivity index (χ2n) is 6.19. The Balaban J connectivity index is 2.15. The second-order valence-corrected chi connectivity index (χ2v) is 6.19. The van der Waals surface area contributed by atoms with E-state index in [0.29, 0.717) is 25.6 Å². The molecule has 1 aliphatic rings. The van der Waals surface area contributed by atoms with Gasteiger partial charge in [-0.05, 0) is 18.8 Å². The van der Waals surface area contributed by atoms with Crippen LogP contribution in [0.3, 0.4) is 0 Å². The Hall–Kier alpha value is -0.810. The molecule has 1 saturated carbocycles. The van der Waals surface area contributed by atoms with Crippen LogP contribution in [0.4, 0.5) is 4.79 Å². The first-order chi connectivity index (χ1) is 9.50. The minimum atomic E-state index is -0.256. The fourth-order valence-corrected chi connectivity index (χ4v) is 2.52. The van der Waals surface area contributed by atoms with E-state index in [1.165, 1.54) is 0 Å². The van der Waals surface area contributed by atoms with Crippen LogP contribution in [0.5, 0.6) is 0 Å². The maximum absolute atomic E-state index is 11.9. The predicted octanol–water partition coefficient (Wildman–Crippen LogP) is 1.85. The molecule has 2 unspecified atom stereocenters. The van der Waals surface area contributed by atoms with Gasteiger partial charge in [-0.3, -0.25) is 0 Å². The van der Waals surface area contributed by atoms with Gasteiger partial charge in [0.2, 0.25) is 0 Å². The third-order valence-corrected chi connectivity index (χ3v) is 3.70. The van der Waals surface area contributed by atoms with Crippen LogP contribution in [0.25, 0.3) is 0 Å². The van der Waals surface area contributed by atoms with Crippen molar-refractivity contribution in [2.75, 3.05) is 33.4 Å². The molecule has 0 heterocycles. The lowest BCUT2D eigenvalue weighted by atomic mass is 9.86. The van der Waals surface area contributed by atoms with Crippen molar-refractivity contribution in [3.8, 4) is 0 Å². The molecule has 0 spiro atoms. The zero-order valence-corrected chi connectivity index (χ0v) is 13.1. The smallest absolute Gasteiger partial charge is 0.317 e. The van der Waals surface area contributed by atoms with E-state index in [9.17, 15) is 9.90 Å². The Morgan fingerprint density at radius 1 is 1.40 bits per heavy atom. The van der Waals surface area contributed by atoms with Gasteiger partial charge in [0.15, 0.2) is 0 Å². The van der Waals surface area contributed by atoms with Gasteiger partial charge < -0.3 is 20.1 Å². The summed E-state index contributed by atoms with van der Waals surface area (Å²) in [4.78, 5) is 13.6. The number of nitrogens with zero attached hydrogens (tertiary/aromatic N) is 1. The van der Waals surface area contributed by atoms with Gasteiger partial charge in [-0.25, -0.2) is 4.79 Å². The van der Waals surface area contributed by atoms with Crippen molar-refractivity contribution in [3.63, 3.8) is 0 Å². The number of aliphatic hydroxyl groups is 1. The number of carbonyl (C=O) groups is 1. The fourth-order valence-electron chi connectivity index (χ4n) is 2.52. The molecule has 0 aromatic rings. The Kier molecular flexibility index (Phi) is 7.92. The van der Waals surface area contributed by atoms with Gasteiger partial charge in [-0.15, -0.1) is 0 Å². The summed E-state index contributed by atoms with van der Waals surface area (Å²) >= 11 is 0. The highest BCUT2D eigenvalue weighted by atomic mass is 16.5. The van der Waals surface area contributed by atoms with Crippen LogP contribution in [0.1, 0.15) is 39.5 Å². The molecule has 1 fully saturated rings. The van der Waals surface area contributed by atoms with Gasteiger partial charge in [0, 0.05) is 32.7 Å². The summed E-state index contributed by atoms with van der Waals surface area (Å²) in [5.41, 5.74) is 0. The Morgan fingerprint density at radius 3 is 2.75 bits per heavy atom. The van der Waals surface area contributed by atoms with Crippen molar-refractivity contribution in [2.24, 2.45) is 11.8 Å². The average molecular weight is 286 g/mol. The largest absolute Gasteiger partial charge is 0.393 e. The minimum absolute atomic E-state index is 0.0871. The Labute approximate surface area is 122 Å². The molecular formula is C15H30N2O3. The molecule has 0 aliphatic heterocycles. The summed E-state index contributed by atoms with van der Waals surface area (Å²) in [7, 11) is 1.78. The molecular weight excluding hydrogens is 256 g/mol. The van der Waals surface area contributed by atoms with Crippen LogP contribution in [0, 0.1) is 11.8 Å². The van der Waals surface area contributed by atoms with Crippen LogP contribution in [0.15, 0.2) is 0 Å². The van der Waals surface area contributed by atoms with Gasteiger partial charge in [0.25, 0.3) is 0 Å². The predicted molar refractivity (Wildman–Crippen MR) is 79.7 cm³/mol. The molecule has 118 valence electrons. The van der Waals surface area contributed by atoms with Crippen molar-refractivity contribution in [2.45, 2.75) is 45.6 Å². The molecule has 2 amide bonds. The Morgan fingerprint density at radius 2 is 2.10 bits per heavy atom. The number of urea groups is 1. The molecule has 5 heteroatoms. The van der Waals surface area contributed by atoms with Crippen LogP contribution in [-0.2, 0) is 4.74 Å². The molecule has 1 rings (SSSR count). The third-order valence-electron chi connectivity index (χ3n) is 3.70. The fraction of sp³-hybridized carbons (Fsp3) is 0.933. The highest BCUT2D eigenvalue weighted by molar-refractivity contribution is 5.73.